The Morgan fingerprint density at radius 3 is 2.41 bits per heavy atom. The van der Waals surface area contributed by atoms with Gasteiger partial charge in [0.15, 0.2) is 5.96 Å². The first-order chi connectivity index (χ1) is 13.5. The first kappa shape index (κ1) is 24.9. The van der Waals surface area contributed by atoms with E-state index in [0.717, 1.165) is 24.1 Å². The highest BCUT2D eigenvalue weighted by Crippen LogP contribution is 2.06. The van der Waals surface area contributed by atoms with E-state index in [1.807, 2.05) is 51.1 Å². The third-order valence-electron chi connectivity index (χ3n) is 4.32. The molecule has 0 aliphatic carbocycles. The Balaban J connectivity index is 0.00000420. The molecular formula is C22H30FIN4O. The van der Waals surface area contributed by atoms with Crippen LogP contribution in [0.5, 0.6) is 0 Å². The van der Waals surface area contributed by atoms with E-state index in [-0.39, 0.29) is 41.7 Å². The van der Waals surface area contributed by atoms with E-state index in [4.69, 9.17) is 0 Å². The SMILES string of the molecule is CCNC(=NCc1cccc(F)c1)NCc1ccc(C(=O)NC(C)CC)cc1.I. The third-order valence-corrected chi connectivity index (χ3v) is 4.32. The van der Waals surface area contributed by atoms with E-state index in [1.165, 1.54) is 12.1 Å². The average molecular weight is 512 g/mol. The van der Waals surface area contributed by atoms with E-state index in [1.54, 1.807) is 6.07 Å². The molecule has 7 heteroatoms. The predicted octanol–water partition coefficient (Wildman–Crippen LogP) is 4.23. The minimum atomic E-state index is -0.261. The molecule has 3 N–H and O–H groups in total. The van der Waals surface area contributed by atoms with Gasteiger partial charge in [-0.05, 0) is 55.7 Å². The maximum absolute atomic E-state index is 13.3. The molecule has 0 aliphatic rings. The molecule has 2 aromatic rings. The Morgan fingerprint density at radius 2 is 1.79 bits per heavy atom. The van der Waals surface area contributed by atoms with Crippen LogP contribution in [0.3, 0.4) is 0 Å². The smallest absolute Gasteiger partial charge is 0.251 e. The van der Waals surface area contributed by atoms with Gasteiger partial charge in [-0.1, -0.05) is 31.2 Å². The van der Waals surface area contributed by atoms with Crippen molar-refractivity contribution in [3.63, 3.8) is 0 Å². The van der Waals surface area contributed by atoms with Crippen molar-refractivity contribution in [2.45, 2.75) is 46.3 Å². The van der Waals surface area contributed by atoms with Gasteiger partial charge in [-0.3, -0.25) is 4.79 Å². The molecule has 158 valence electrons. The first-order valence-electron chi connectivity index (χ1n) is 9.68. The third kappa shape index (κ3) is 8.81. The molecule has 0 aromatic heterocycles. The molecule has 1 unspecified atom stereocenters. The lowest BCUT2D eigenvalue weighted by Gasteiger charge is -2.13. The van der Waals surface area contributed by atoms with Crippen LogP contribution >= 0.6 is 24.0 Å². The Hall–Kier alpha value is -2.16. The van der Waals surface area contributed by atoms with Crippen LogP contribution in [0.4, 0.5) is 4.39 Å². The van der Waals surface area contributed by atoms with Gasteiger partial charge in [0.2, 0.25) is 0 Å². The summed E-state index contributed by atoms with van der Waals surface area (Å²) in [5.41, 5.74) is 2.50. The molecule has 0 fully saturated rings. The number of nitrogens with one attached hydrogen (secondary N) is 3. The minimum absolute atomic E-state index is 0. The van der Waals surface area contributed by atoms with Crippen molar-refractivity contribution in [1.29, 1.82) is 0 Å². The summed E-state index contributed by atoms with van der Waals surface area (Å²) in [5, 5.41) is 9.39. The number of amides is 1. The number of rotatable bonds is 8. The van der Waals surface area contributed by atoms with Gasteiger partial charge in [0.1, 0.15) is 5.82 Å². The fourth-order valence-corrected chi connectivity index (χ4v) is 2.52. The topological polar surface area (TPSA) is 65.5 Å². The molecule has 0 radical (unpaired) electrons. The Bertz CT molecular complexity index is 796. The van der Waals surface area contributed by atoms with Crippen molar-refractivity contribution in [3.8, 4) is 0 Å². The van der Waals surface area contributed by atoms with Gasteiger partial charge >= 0.3 is 0 Å². The van der Waals surface area contributed by atoms with Gasteiger partial charge in [0, 0.05) is 24.7 Å². The van der Waals surface area contributed by atoms with Crippen LogP contribution in [-0.4, -0.2) is 24.5 Å². The Kier molecular flexibility index (Phi) is 11.3. The number of halogens is 2. The van der Waals surface area contributed by atoms with Crippen LogP contribution in [0.2, 0.25) is 0 Å². The van der Waals surface area contributed by atoms with Crippen LogP contribution < -0.4 is 16.0 Å². The summed E-state index contributed by atoms with van der Waals surface area (Å²) in [7, 11) is 0. The maximum atomic E-state index is 13.3. The van der Waals surface area contributed by atoms with Gasteiger partial charge in [0.25, 0.3) is 5.91 Å². The van der Waals surface area contributed by atoms with E-state index in [0.29, 0.717) is 24.6 Å². The number of hydrogen-bond donors (Lipinski definition) is 3. The number of nitrogens with zero attached hydrogens (tertiary/aromatic N) is 1. The van der Waals surface area contributed by atoms with Crippen LogP contribution in [-0.2, 0) is 13.1 Å². The summed E-state index contributed by atoms with van der Waals surface area (Å²) in [5.74, 6) is 0.340. The van der Waals surface area contributed by atoms with Crippen LogP contribution in [0.25, 0.3) is 0 Å². The monoisotopic (exact) mass is 512 g/mol. The number of guanidine groups is 1. The lowest BCUT2D eigenvalue weighted by atomic mass is 10.1. The lowest BCUT2D eigenvalue weighted by molar-refractivity contribution is 0.0939. The van der Waals surface area contributed by atoms with E-state index in [2.05, 4.69) is 20.9 Å². The average Bonchev–Trinajstić information content (AvgIpc) is 2.70. The molecule has 0 aliphatic heterocycles. The van der Waals surface area contributed by atoms with Crippen LogP contribution in [0.1, 0.15) is 48.7 Å². The number of carbonyl (C=O) groups excluding carboxylic acids is 1. The highest BCUT2D eigenvalue weighted by Gasteiger charge is 2.08. The summed E-state index contributed by atoms with van der Waals surface area (Å²) >= 11 is 0. The quantitative estimate of drug-likeness (QED) is 0.282. The second kappa shape index (κ2) is 13.1. The molecular weight excluding hydrogens is 482 g/mol. The van der Waals surface area contributed by atoms with E-state index < -0.39 is 0 Å². The molecule has 5 nitrogen and oxygen atoms in total. The lowest BCUT2D eigenvalue weighted by Crippen LogP contribution is -2.36. The summed E-state index contributed by atoms with van der Waals surface area (Å²) in [6.45, 7) is 7.71. The maximum Gasteiger partial charge on any atom is 0.251 e. The molecule has 0 saturated carbocycles. The zero-order chi connectivity index (χ0) is 20.4. The highest BCUT2D eigenvalue weighted by molar-refractivity contribution is 14.0. The standard InChI is InChI=1S/C22H29FN4O.HI/c1-4-16(3)27-21(28)19-11-9-17(10-12-19)14-25-22(24-5-2)26-15-18-7-6-8-20(23)13-18;/h6-13,16H,4-5,14-15H2,1-3H3,(H,27,28)(H2,24,25,26);1H. The van der Waals surface area contributed by atoms with Crippen LogP contribution in [0, 0.1) is 5.82 Å². The Morgan fingerprint density at radius 1 is 1.07 bits per heavy atom. The van der Waals surface area contributed by atoms with Crippen molar-refractivity contribution < 1.29 is 9.18 Å². The van der Waals surface area contributed by atoms with Gasteiger partial charge in [0.05, 0.1) is 6.54 Å². The van der Waals surface area contributed by atoms with Crippen molar-refractivity contribution in [1.82, 2.24) is 16.0 Å². The molecule has 2 aromatic carbocycles. The molecule has 2 rings (SSSR count). The molecule has 29 heavy (non-hydrogen) atoms. The zero-order valence-corrected chi connectivity index (χ0v) is 19.5. The summed E-state index contributed by atoms with van der Waals surface area (Å²) in [6.07, 6.45) is 0.899. The largest absolute Gasteiger partial charge is 0.357 e. The molecule has 0 bridgehead atoms. The van der Waals surface area contributed by atoms with Crippen molar-refractivity contribution in [3.05, 3.63) is 71.0 Å². The first-order valence-corrected chi connectivity index (χ1v) is 9.68. The second-order valence-electron chi connectivity index (χ2n) is 6.66. The fourth-order valence-electron chi connectivity index (χ4n) is 2.52. The number of hydrogen-bond acceptors (Lipinski definition) is 2. The van der Waals surface area contributed by atoms with Crippen molar-refractivity contribution in [2.24, 2.45) is 4.99 Å². The molecule has 1 amide bonds. The van der Waals surface area contributed by atoms with E-state index in [9.17, 15) is 9.18 Å². The number of benzene rings is 2. The predicted molar refractivity (Wildman–Crippen MR) is 127 cm³/mol. The molecule has 0 heterocycles. The summed E-state index contributed by atoms with van der Waals surface area (Å²) in [4.78, 5) is 16.6. The van der Waals surface area contributed by atoms with Crippen molar-refractivity contribution >= 4 is 35.8 Å². The fraction of sp³-hybridized carbons (Fsp3) is 0.364. The normalized spacial score (nSPS) is 11.9. The zero-order valence-electron chi connectivity index (χ0n) is 17.2. The Labute approximate surface area is 189 Å². The van der Waals surface area contributed by atoms with E-state index >= 15 is 0 Å². The number of aliphatic imine (C=N–C) groups is 1. The number of carbonyl (C=O) groups is 1. The van der Waals surface area contributed by atoms with Gasteiger partial charge in [-0.25, -0.2) is 9.38 Å². The minimum Gasteiger partial charge on any atom is -0.357 e. The summed E-state index contributed by atoms with van der Waals surface area (Å²) < 4.78 is 13.3. The summed E-state index contributed by atoms with van der Waals surface area (Å²) in [6, 6.07) is 14.1. The van der Waals surface area contributed by atoms with Gasteiger partial charge in [-0.2, -0.15) is 0 Å². The highest BCUT2D eigenvalue weighted by atomic mass is 127. The molecule has 0 saturated heterocycles. The second-order valence-corrected chi connectivity index (χ2v) is 6.66. The van der Waals surface area contributed by atoms with Crippen molar-refractivity contribution in [2.75, 3.05) is 6.54 Å². The van der Waals surface area contributed by atoms with Gasteiger partial charge < -0.3 is 16.0 Å². The van der Waals surface area contributed by atoms with Crippen LogP contribution in [0.15, 0.2) is 53.5 Å². The molecule has 1 atom stereocenters. The van der Waals surface area contributed by atoms with Gasteiger partial charge in [-0.15, -0.1) is 24.0 Å². The molecule has 0 spiro atoms.